The second-order valence-electron chi connectivity index (χ2n) is 8.85. The van der Waals surface area contributed by atoms with Crippen LogP contribution in [-0.4, -0.2) is 66.9 Å². The smallest absolute Gasteiger partial charge is 0.265 e. The van der Waals surface area contributed by atoms with Gasteiger partial charge in [0.25, 0.3) is 11.5 Å². The molecule has 1 amide bonds. The lowest BCUT2D eigenvalue weighted by molar-refractivity contribution is 0.0951. The Balaban J connectivity index is 1.52. The molecular weight excluding hydrogens is 432 g/mol. The Morgan fingerprint density at radius 3 is 2.76 bits per heavy atom. The highest BCUT2D eigenvalue weighted by Crippen LogP contribution is 2.22. The number of aromatic nitrogens is 2. The summed E-state index contributed by atoms with van der Waals surface area (Å²) in [7, 11) is 3.75. The fourth-order valence-corrected chi connectivity index (χ4v) is 3.75. The zero-order valence-electron chi connectivity index (χ0n) is 20.0. The average molecular weight is 465 g/mol. The van der Waals surface area contributed by atoms with Crippen molar-refractivity contribution in [1.29, 1.82) is 0 Å². The number of methoxy groups -OCH3 is 1. The summed E-state index contributed by atoms with van der Waals surface area (Å²) in [6.45, 7) is 4.94. The van der Waals surface area contributed by atoms with Crippen molar-refractivity contribution in [1.82, 2.24) is 19.8 Å². The van der Waals surface area contributed by atoms with Crippen LogP contribution in [0.4, 0.5) is 0 Å². The van der Waals surface area contributed by atoms with Crippen molar-refractivity contribution in [3.05, 3.63) is 64.2 Å². The summed E-state index contributed by atoms with van der Waals surface area (Å²) in [5.41, 5.74) is 2.47. The maximum atomic E-state index is 13.4. The predicted molar refractivity (Wildman–Crippen MR) is 132 cm³/mol. The van der Waals surface area contributed by atoms with E-state index in [1.54, 1.807) is 31.4 Å². The number of likely N-dealkylation sites (N-methyl/N-ethyl adjacent to an activating group) is 1. The van der Waals surface area contributed by atoms with Gasteiger partial charge in [0, 0.05) is 31.8 Å². The van der Waals surface area contributed by atoms with E-state index in [0.717, 1.165) is 37.9 Å². The van der Waals surface area contributed by atoms with Gasteiger partial charge in [0.1, 0.15) is 12.1 Å². The first kappa shape index (κ1) is 23.9. The fraction of sp³-hybridized carbons (Fsp3) is 0.423. The number of ether oxygens (including phenoxy) is 2. The van der Waals surface area contributed by atoms with Crippen LogP contribution in [0, 0.1) is 6.92 Å². The fourth-order valence-electron chi connectivity index (χ4n) is 3.75. The summed E-state index contributed by atoms with van der Waals surface area (Å²) in [6.07, 6.45) is 4.43. The van der Waals surface area contributed by atoms with Gasteiger partial charge in [0.2, 0.25) is 0 Å². The molecule has 0 saturated heterocycles. The van der Waals surface area contributed by atoms with Crippen LogP contribution in [0.3, 0.4) is 0 Å². The molecule has 180 valence electrons. The van der Waals surface area contributed by atoms with Crippen molar-refractivity contribution < 1.29 is 14.3 Å². The minimum absolute atomic E-state index is 0.117. The number of carbonyl (C=O) groups is 1. The standard InChI is InChI=1S/C26H32N4O4/c1-18-5-6-19(25(31)28-20-7-8-20)15-24(18)30-17-27-23-10-9-21(16-22(23)26(30)32)34-13-4-11-29(2)12-14-33-3/h5-6,9-10,15-17,20H,4,7-8,11-14H2,1-3H3,(H,28,31). The van der Waals surface area contributed by atoms with Crippen molar-refractivity contribution >= 4 is 16.8 Å². The van der Waals surface area contributed by atoms with Crippen molar-refractivity contribution in [2.75, 3.05) is 40.5 Å². The third kappa shape index (κ3) is 5.81. The molecular formula is C26H32N4O4. The molecule has 1 N–H and O–H groups in total. The number of nitrogens with zero attached hydrogens (tertiary/aromatic N) is 3. The molecule has 0 radical (unpaired) electrons. The van der Waals surface area contributed by atoms with E-state index < -0.39 is 0 Å². The van der Waals surface area contributed by atoms with Crippen molar-refractivity contribution in [3.8, 4) is 11.4 Å². The van der Waals surface area contributed by atoms with Gasteiger partial charge in [-0.1, -0.05) is 6.07 Å². The average Bonchev–Trinajstić information content (AvgIpc) is 3.65. The Labute approximate surface area is 199 Å². The largest absolute Gasteiger partial charge is 0.494 e. The molecule has 34 heavy (non-hydrogen) atoms. The zero-order chi connectivity index (χ0) is 24.1. The lowest BCUT2D eigenvalue weighted by atomic mass is 10.1. The van der Waals surface area contributed by atoms with Gasteiger partial charge in [-0.25, -0.2) is 4.98 Å². The molecule has 0 spiro atoms. The molecule has 0 unspecified atom stereocenters. The number of hydrogen-bond acceptors (Lipinski definition) is 6. The number of benzene rings is 2. The van der Waals surface area contributed by atoms with Crippen LogP contribution in [0.25, 0.3) is 16.6 Å². The number of rotatable bonds is 11. The van der Waals surface area contributed by atoms with Crippen molar-refractivity contribution in [2.24, 2.45) is 0 Å². The van der Waals surface area contributed by atoms with E-state index in [0.29, 0.717) is 41.1 Å². The first-order chi connectivity index (χ1) is 16.5. The topological polar surface area (TPSA) is 85.7 Å². The maximum absolute atomic E-state index is 13.4. The number of nitrogens with one attached hydrogen (secondary N) is 1. The molecule has 2 aromatic carbocycles. The minimum atomic E-state index is -0.197. The van der Waals surface area contributed by atoms with Gasteiger partial charge in [0.05, 0.1) is 29.8 Å². The van der Waals surface area contributed by atoms with Gasteiger partial charge < -0.3 is 19.7 Å². The first-order valence-electron chi connectivity index (χ1n) is 11.7. The third-order valence-corrected chi connectivity index (χ3v) is 6.00. The van der Waals surface area contributed by atoms with Crippen LogP contribution in [0.5, 0.6) is 5.75 Å². The lowest BCUT2D eigenvalue weighted by Gasteiger charge is -2.16. The van der Waals surface area contributed by atoms with E-state index in [1.807, 2.05) is 19.1 Å². The van der Waals surface area contributed by atoms with Gasteiger partial charge in [-0.05, 0) is 69.1 Å². The summed E-state index contributed by atoms with van der Waals surface area (Å²) >= 11 is 0. The molecule has 0 bridgehead atoms. The van der Waals surface area contributed by atoms with E-state index in [-0.39, 0.29) is 17.5 Å². The molecule has 1 fully saturated rings. The van der Waals surface area contributed by atoms with Crippen LogP contribution in [0.1, 0.15) is 35.2 Å². The molecule has 3 aromatic rings. The summed E-state index contributed by atoms with van der Waals surface area (Å²) in [5, 5.41) is 3.47. The van der Waals surface area contributed by atoms with E-state index in [4.69, 9.17) is 9.47 Å². The number of aryl methyl sites for hydroxylation is 1. The molecule has 1 saturated carbocycles. The van der Waals surface area contributed by atoms with Crippen LogP contribution < -0.4 is 15.6 Å². The number of amides is 1. The molecule has 0 aliphatic heterocycles. The summed E-state index contributed by atoms with van der Waals surface area (Å²) < 4.78 is 12.5. The van der Waals surface area contributed by atoms with E-state index in [2.05, 4.69) is 22.2 Å². The normalized spacial score (nSPS) is 13.4. The molecule has 1 heterocycles. The molecule has 8 nitrogen and oxygen atoms in total. The molecule has 1 aliphatic rings. The number of carbonyl (C=O) groups excluding carboxylic acids is 1. The van der Waals surface area contributed by atoms with Gasteiger partial charge >= 0.3 is 0 Å². The monoisotopic (exact) mass is 464 g/mol. The number of hydrogen-bond donors (Lipinski definition) is 1. The second-order valence-corrected chi connectivity index (χ2v) is 8.85. The van der Waals surface area contributed by atoms with E-state index in [9.17, 15) is 9.59 Å². The Morgan fingerprint density at radius 2 is 2.00 bits per heavy atom. The quantitative estimate of drug-likeness (QED) is 0.439. The van der Waals surface area contributed by atoms with E-state index in [1.165, 1.54) is 10.9 Å². The van der Waals surface area contributed by atoms with Gasteiger partial charge in [0.15, 0.2) is 0 Å². The molecule has 1 aliphatic carbocycles. The molecule has 0 atom stereocenters. The van der Waals surface area contributed by atoms with Gasteiger partial charge in [-0.3, -0.25) is 14.2 Å². The predicted octanol–water partition coefficient (Wildman–Crippen LogP) is 2.93. The molecule has 1 aromatic heterocycles. The molecule has 4 rings (SSSR count). The highest BCUT2D eigenvalue weighted by Gasteiger charge is 2.24. The highest BCUT2D eigenvalue weighted by atomic mass is 16.5. The summed E-state index contributed by atoms with van der Waals surface area (Å²) in [5.74, 6) is 0.520. The zero-order valence-corrected chi connectivity index (χ0v) is 20.0. The Kier molecular flexibility index (Phi) is 7.59. The van der Waals surface area contributed by atoms with Crippen LogP contribution in [-0.2, 0) is 4.74 Å². The first-order valence-corrected chi connectivity index (χ1v) is 11.7. The van der Waals surface area contributed by atoms with Crippen LogP contribution in [0.15, 0.2) is 47.5 Å². The van der Waals surface area contributed by atoms with Gasteiger partial charge in [-0.2, -0.15) is 0 Å². The third-order valence-electron chi connectivity index (χ3n) is 6.00. The Morgan fingerprint density at radius 1 is 1.18 bits per heavy atom. The Bertz CT molecular complexity index is 1220. The number of fused-ring (bicyclic) bond motifs is 1. The van der Waals surface area contributed by atoms with Crippen LogP contribution in [0.2, 0.25) is 0 Å². The molecule has 8 heteroatoms. The van der Waals surface area contributed by atoms with Gasteiger partial charge in [-0.15, -0.1) is 0 Å². The summed E-state index contributed by atoms with van der Waals surface area (Å²) in [4.78, 5) is 32.5. The minimum Gasteiger partial charge on any atom is -0.494 e. The second kappa shape index (κ2) is 10.8. The SMILES string of the molecule is COCCN(C)CCCOc1ccc2ncn(-c3cc(C(=O)NC4CC4)ccc3C)c(=O)c2c1. The van der Waals surface area contributed by atoms with Crippen molar-refractivity contribution in [3.63, 3.8) is 0 Å². The maximum Gasteiger partial charge on any atom is 0.265 e. The van der Waals surface area contributed by atoms with Crippen LogP contribution >= 0.6 is 0 Å². The van der Waals surface area contributed by atoms with Crippen molar-refractivity contribution in [2.45, 2.75) is 32.2 Å². The highest BCUT2D eigenvalue weighted by molar-refractivity contribution is 5.95. The lowest BCUT2D eigenvalue weighted by Crippen LogP contribution is -2.26. The summed E-state index contributed by atoms with van der Waals surface area (Å²) in [6, 6.07) is 11.0. The van der Waals surface area contributed by atoms with E-state index >= 15 is 0 Å². The Hall–Kier alpha value is -3.23.